The molecule has 2 N–H and O–H groups in total. The summed E-state index contributed by atoms with van der Waals surface area (Å²) in [5.41, 5.74) is 8.67. The van der Waals surface area contributed by atoms with Gasteiger partial charge >= 0.3 is 0 Å². The van der Waals surface area contributed by atoms with E-state index in [-0.39, 0.29) is 16.5 Å². The second-order valence-electron chi connectivity index (χ2n) is 5.04. The molecule has 3 unspecified atom stereocenters. The van der Waals surface area contributed by atoms with Crippen molar-refractivity contribution in [1.82, 2.24) is 0 Å². The van der Waals surface area contributed by atoms with Gasteiger partial charge in [0.1, 0.15) is 5.75 Å². The highest BCUT2D eigenvalue weighted by Crippen LogP contribution is 2.34. The highest BCUT2D eigenvalue weighted by Gasteiger charge is 2.32. The van der Waals surface area contributed by atoms with Crippen molar-refractivity contribution in [2.75, 3.05) is 7.11 Å². The summed E-state index contributed by atoms with van der Waals surface area (Å²) in [7, 11) is 0.783. The molecule has 0 saturated heterocycles. The van der Waals surface area contributed by atoms with Crippen molar-refractivity contribution in [2.45, 2.75) is 43.2 Å². The van der Waals surface area contributed by atoms with Gasteiger partial charge in [-0.25, -0.2) is 0 Å². The lowest BCUT2D eigenvalue weighted by Crippen LogP contribution is -2.37. The van der Waals surface area contributed by atoms with Crippen LogP contribution < -0.4 is 10.5 Å². The molecule has 3 atom stereocenters. The molecule has 18 heavy (non-hydrogen) atoms. The predicted molar refractivity (Wildman–Crippen MR) is 75.3 cm³/mol. The lowest BCUT2D eigenvalue weighted by Gasteiger charge is -2.31. The molecule has 0 aromatic heterocycles. The molecule has 0 heterocycles. The van der Waals surface area contributed by atoms with Crippen LogP contribution in [0.1, 0.15) is 37.4 Å². The van der Waals surface area contributed by atoms with E-state index in [4.69, 9.17) is 10.5 Å². The fourth-order valence-corrected chi connectivity index (χ4v) is 4.01. The minimum Gasteiger partial charge on any atom is -0.497 e. The Kier molecular flexibility index (Phi) is 4.07. The Bertz CT molecular complexity index is 459. The molecule has 1 aliphatic carbocycles. The van der Waals surface area contributed by atoms with Gasteiger partial charge in [-0.05, 0) is 36.1 Å². The number of hydrogen-bond acceptors (Lipinski definition) is 3. The van der Waals surface area contributed by atoms with Crippen LogP contribution in [0.15, 0.2) is 18.2 Å². The number of methoxy groups -OCH3 is 1. The van der Waals surface area contributed by atoms with Crippen LogP contribution in [0.5, 0.6) is 5.75 Å². The maximum atomic E-state index is 12.3. The fourth-order valence-electron chi connectivity index (χ4n) is 2.53. The van der Waals surface area contributed by atoms with Gasteiger partial charge in [-0.2, -0.15) is 0 Å². The summed E-state index contributed by atoms with van der Waals surface area (Å²) in [5, 5.41) is 0.220. The first-order chi connectivity index (χ1) is 8.54. The number of benzene rings is 1. The Morgan fingerprint density at radius 2 is 2.17 bits per heavy atom. The molecule has 4 heteroatoms. The molecule has 1 aliphatic rings. The van der Waals surface area contributed by atoms with Crippen molar-refractivity contribution >= 4 is 10.8 Å². The van der Waals surface area contributed by atoms with E-state index in [0.717, 1.165) is 24.2 Å². The molecule has 1 aromatic carbocycles. The van der Waals surface area contributed by atoms with E-state index >= 15 is 0 Å². The van der Waals surface area contributed by atoms with Gasteiger partial charge in [0.15, 0.2) is 0 Å². The van der Waals surface area contributed by atoms with E-state index in [1.54, 1.807) is 7.11 Å². The highest BCUT2D eigenvalue weighted by atomic mass is 32.2. The van der Waals surface area contributed by atoms with Gasteiger partial charge in [-0.15, -0.1) is 0 Å². The first-order valence-electron chi connectivity index (χ1n) is 6.36. The summed E-state index contributed by atoms with van der Waals surface area (Å²) in [6, 6.07) is 5.88. The molecule has 0 radical (unpaired) electrons. The van der Waals surface area contributed by atoms with Gasteiger partial charge in [0, 0.05) is 22.1 Å². The number of aryl methyl sites for hydroxylation is 1. The Balaban J connectivity index is 2.31. The van der Waals surface area contributed by atoms with Crippen LogP contribution in [0.25, 0.3) is 0 Å². The quantitative estimate of drug-likeness (QED) is 0.913. The molecule has 0 saturated carbocycles. The smallest absolute Gasteiger partial charge is 0.119 e. The summed E-state index contributed by atoms with van der Waals surface area (Å²) >= 11 is 0. The molecule has 0 bridgehead atoms. The van der Waals surface area contributed by atoms with Gasteiger partial charge in [0.25, 0.3) is 0 Å². The molecule has 0 fully saturated rings. The van der Waals surface area contributed by atoms with Crippen molar-refractivity contribution in [3.05, 3.63) is 29.3 Å². The fraction of sp³-hybridized carbons (Fsp3) is 0.571. The molecule has 1 aromatic rings. The Morgan fingerprint density at radius 1 is 1.44 bits per heavy atom. The maximum absolute atomic E-state index is 12.3. The van der Waals surface area contributed by atoms with E-state index < -0.39 is 10.8 Å². The van der Waals surface area contributed by atoms with Gasteiger partial charge in [0.05, 0.1) is 12.4 Å². The number of nitrogens with two attached hydrogens (primary N) is 1. The average molecular weight is 267 g/mol. The molecule has 0 amide bonds. The highest BCUT2D eigenvalue weighted by molar-refractivity contribution is 7.86. The van der Waals surface area contributed by atoms with Crippen molar-refractivity contribution < 1.29 is 8.95 Å². The van der Waals surface area contributed by atoms with Crippen LogP contribution in [-0.4, -0.2) is 21.8 Å². The minimum absolute atomic E-state index is 0.0598. The van der Waals surface area contributed by atoms with Crippen LogP contribution in [-0.2, 0) is 17.2 Å². The zero-order valence-electron chi connectivity index (χ0n) is 11.2. The van der Waals surface area contributed by atoms with Crippen LogP contribution >= 0.6 is 0 Å². The van der Waals surface area contributed by atoms with E-state index in [1.165, 1.54) is 5.56 Å². The molecular formula is C14H21NO2S. The summed E-state index contributed by atoms with van der Waals surface area (Å²) in [5.74, 6) is 0.820. The van der Waals surface area contributed by atoms with Gasteiger partial charge in [-0.1, -0.05) is 19.9 Å². The van der Waals surface area contributed by atoms with E-state index in [9.17, 15) is 4.21 Å². The second-order valence-corrected chi connectivity index (χ2v) is 7.25. The third-order valence-corrected chi connectivity index (χ3v) is 5.63. The normalized spacial score (nSPS) is 24.7. The minimum atomic E-state index is -0.870. The topological polar surface area (TPSA) is 52.3 Å². The molecule has 0 aliphatic heterocycles. The zero-order valence-corrected chi connectivity index (χ0v) is 12.0. The molecular weight excluding hydrogens is 246 g/mol. The summed E-state index contributed by atoms with van der Waals surface area (Å²) in [6.07, 6.45) is 1.86. The van der Waals surface area contributed by atoms with Crippen LogP contribution in [0.4, 0.5) is 0 Å². The molecule has 0 spiro atoms. The average Bonchev–Trinajstić information content (AvgIpc) is 2.38. The van der Waals surface area contributed by atoms with Gasteiger partial charge in [-0.3, -0.25) is 4.21 Å². The molecule has 2 rings (SSSR count). The lowest BCUT2D eigenvalue weighted by molar-refractivity contribution is 0.412. The van der Waals surface area contributed by atoms with Gasteiger partial charge in [0.2, 0.25) is 0 Å². The SMILES string of the molecule is COc1ccc2c(c1)C(N)C(S(=O)C(C)C)CC2. The lowest BCUT2D eigenvalue weighted by atomic mass is 9.87. The molecule has 3 nitrogen and oxygen atoms in total. The third-order valence-electron chi connectivity index (χ3n) is 3.57. The number of rotatable bonds is 3. The first-order valence-corrected chi connectivity index (χ1v) is 7.64. The number of fused-ring (bicyclic) bond motifs is 1. The largest absolute Gasteiger partial charge is 0.497 e. The van der Waals surface area contributed by atoms with Crippen LogP contribution in [0.3, 0.4) is 0 Å². The monoisotopic (exact) mass is 267 g/mol. The standard InChI is InChI=1S/C14H21NO2S/c1-9(2)18(16)13-7-5-10-4-6-11(17-3)8-12(10)14(13)15/h4,6,8-9,13-14H,5,7,15H2,1-3H3. The summed E-state index contributed by atoms with van der Waals surface area (Å²) in [4.78, 5) is 0. The van der Waals surface area contributed by atoms with Crippen molar-refractivity contribution in [3.8, 4) is 5.75 Å². The predicted octanol–water partition coefficient (Wildman–Crippen LogP) is 2.17. The Labute approximate surface area is 111 Å². The van der Waals surface area contributed by atoms with Crippen molar-refractivity contribution in [1.29, 1.82) is 0 Å². The van der Waals surface area contributed by atoms with Crippen LogP contribution in [0, 0.1) is 0 Å². The zero-order chi connectivity index (χ0) is 13.3. The third kappa shape index (κ3) is 2.45. The second kappa shape index (κ2) is 5.41. The summed E-state index contributed by atoms with van der Waals surface area (Å²) in [6.45, 7) is 3.98. The van der Waals surface area contributed by atoms with Gasteiger partial charge < -0.3 is 10.5 Å². The van der Waals surface area contributed by atoms with E-state index in [0.29, 0.717) is 0 Å². The van der Waals surface area contributed by atoms with Crippen molar-refractivity contribution in [3.63, 3.8) is 0 Å². The molecule has 100 valence electrons. The Morgan fingerprint density at radius 3 is 2.78 bits per heavy atom. The van der Waals surface area contributed by atoms with E-state index in [1.807, 2.05) is 26.0 Å². The van der Waals surface area contributed by atoms with Crippen LogP contribution in [0.2, 0.25) is 0 Å². The van der Waals surface area contributed by atoms with E-state index in [2.05, 4.69) is 6.07 Å². The van der Waals surface area contributed by atoms with Crippen molar-refractivity contribution in [2.24, 2.45) is 5.73 Å². The first kappa shape index (κ1) is 13.6. The Hall–Kier alpha value is -0.870. The maximum Gasteiger partial charge on any atom is 0.119 e. The number of hydrogen-bond donors (Lipinski definition) is 1. The summed E-state index contributed by atoms with van der Waals surface area (Å²) < 4.78 is 17.5. The number of ether oxygens (including phenoxy) is 1.